The second-order valence-electron chi connectivity index (χ2n) is 5.01. The number of pyridine rings is 1. The summed E-state index contributed by atoms with van der Waals surface area (Å²) in [5.41, 5.74) is 2.48. The van der Waals surface area contributed by atoms with Gasteiger partial charge in [0.05, 0.1) is 14.2 Å². The van der Waals surface area contributed by atoms with Gasteiger partial charge in [0.2, 0.25) is 0 Å². The Labute approximate surface area is 130 Å². The Morgan fingerprint density at radius 1 is 1.18 bits per heavy atom. The minimum atomic E-state index is -0.116. The lowest BCUT2D eigenvalue weighted by Crippen LogP contribution is -2.27. The van der Waals surface area contributed by atoms with Crippen molar-refractivity contribution in [1.29, 1.82) is 0 Å². The van der Waals surface area contributed by atoms with Gasteiger partial charge in [-0.2, -0.15) is 0 Å². The zero-order valence-corrected chi connectivity index (χ0v) is 13.3. The van der Waals surface area contributed by atoms with Crippen molar-refractivity contribution in [2.24, 2.45) is 0 Å². The summed E-state index contributed by atoms with van der Waals surface area (Å²) in [6.45, 7) is 2.46. The summed E-state index contributed by atoms with van der Waals surface area (Å²) in [6.07, 6.45) is 1.61. The maximum absolute atomic E-state index is 12.3. The Bertz CT molecular complexity index is 656. The largest absolute Gasteiger partial charge is 0.493 e. The first-order valence-corrected chi connectivity index (χ1v) is 6.94. The van der Waals surface area contributed by atoms with Crippen molar-refractivity contribution in [3.8, 4) is 11.5 Å². The number of aryl methyl sites for hydroxylation is 1. The van der Waals surface area contributed by atoms with Crippen LogP contribution in [0.1, 0.15) is 21.6 Å². The van der Waals surface area contributed by atoms with Gasteiger partial charge in [0.1, 0.15) is 5.69 Å². The number of hydrogen-bond donors (Lipinski definition) is 0. The van der Waals surface area contributed by atoms with Crippen LogP contribution in [0, 0.1) is 6.92 Å². The van der Waals surface area contributed by atoms with E-state index >= 15 is 0 Å². The number of methoxy groups -OCH3 is 2. The molecule has 0 saturated heterocycles. The number of amides is 1. The van der Waals surface area contributed by atoms with Crippen LogP contribution in [0.25, 0.3) is 0 Å². The maximum Gasteiger partial charge on any atom is 0.272 e. The number of aromatic nitrogens is 1. The second kappa shape index (κ2) is 6.93. The molecule has 5 heteroatoms. The van der Waals surface area contributed by atoms with Gasteiger partial charge in [0.15, 0.2) is 11.5 Å². The molecular weight excluding hydrogens is 280 g/mol. The van der Waals surface area contributed by atoms with E-state index in [2.05, 4.69) is 4.98 Å². The van der Waals surface area contributed by atoms with Crippen molar-refractivity contribution in [1.82, 2.24) is 9.88 Å². The summed E-state index contributed by atoms with van der Waals surface area (Å²) >= 11 is 0. The molecule has 0 radical (unpaired) electrons. The number of carbonyl (C=O) groups excluding carboxylic acids is 1. The molecule has 0 unspecified atom stereocenters. The molecule has 0 atom stereocenters. The molecule has 1 aromatic carbocycles. The molecule has 2 aromatic rings. The van der Waals surface area contributed by atoms with Crippen molar-refractivity contribution in [2.45, 2.75) is 13.5 Å². The molecular formula is C17H20N2O3. The van der Waals surface area contributed by atoms with Crippen LogP contribution in [0.3, 0.4) is 0 Å². The third kappa shape index (κ3) is 3.36. The second-order valence-corrected chi connectivity index (χ2v) is 5.01. The zero-order valence-electron chi connectivity index (χ0n) is 13.3. The Hall–Kier alpha value is -2.56. The van der Waals surface area contributed by atoms with Crippen LogP contribution in [0.5, 0.6) is 11.5 Å². The van der Waals surface area contributed by atoms with Crippen LogP contribution in [0.2, 0.25) is 0 Å². The molecule has 0 aliphatic carbocycles. The first kappa shape index (κ1) is 15.8. The van der Waals surface area contributed by atoms with Gasteiger partial charge in [0, 0.05) is 19.8 Å². The predicted octanol–water partition coefficient (Wildman–Crippen LogP) is 2.68. The fourth-order valence-electron chi connectivity index (χ4n) is 2.21. The number of carbonyl (C=O) groups is 1. The zero-order chi connectivity index (χ0) is 16.1. The Kier molecular flexibility index (Phi) is 4.99. The molecule has 1 aromatic heterocycles. The summed E-state index contributed by atoms with van der Waals surface area (Å²) in [4.78, 5) is 18.1. The average Bonchev–Trinajstić information content (AvgIpc) is 2.56. The van der Waals surface area contributed by atoms with Gasteiger partial charge in [-0.3, -0.25) is 9.78 Å². The predicted molar refractivity (Wildman–Crippen MR) is 84.3 cm³/mol. The summed E-state index contributed by atoms with van der Waals surface area (Å²) in [7, 11) is 4.96. The molecule has 1 heterocycles. The van der Waals surface area contributed by atoms with Crippen LogP contribution < -0.4 is 9.47 Å². The quantitative estimate of drug-likeness (QED) is 0.852. The number of rotatable bonds is 5. The van der Waals surface area contributed by atoms with Crippen LogP contribution in [-0.4, -0.2) is 37.1 Å². The molecule has 116 valence electrons. The van der Waals surface area contributed by atoms with Gasteiger partial charge in [0.25, 0.3) is 5.91 Å². The van der Waals surface area contributed by atoms with E-state index in [9.17, 15) is 4.79 Å². The molecule has 5 nitrogen and oxygen atoms in total. The lowest BCUT2D eigenvalue weighted by atomic mass is 10.1. The van der Waals surface area contributed by atoms with Crippen LogP contribution >= 0.6 is 0 Å². The minimum Gasteiger partial charge on any atom is -0.493 e. The van der Waals surface area contributed by atoms with Crippen molar-refractivity contribution in [3.05, 3.63) is 53.3 Å². The van der Waals surface area contributed by atoms with E-state index in [0.717, 1.165) is 11.1 Å². The van der Waals surface area contributed by atoms with Gasteiger partial charge in [-0.15, -0.1) is 0 Å². The van der Waals surface area contributed by atoms with E-state index in [-0.39, 0.29) is 5.91 Å². The minimum absolute atomic E-state index is 0.116. The summed E-state index contributed by atoms with van der Waals surface area (Å²) in [5, 5.41) is 0. The molecule has 1 amide bonds. The molecule has 0 aliphatic rings. The van der Waals surface area contributed by atoms with Crippen LogP contribution in [0.15, 0.2) is 36.5 Å². The topological polar surface area (TPSA) is 51.7 Å². The van der Waals surface area contributed by atoms with Crippen molar-refractivity contribution in [3.63, 3.8) is 0 Å². The number of benzene rings is 1. The smallest absolute Gasteiger partial charge is 0.272 e. The first-order chi connectivity index (χ1) is 10.6. The van der Waals surface area contributed by atoms with Gasteiger partial charge in [-0.05, 0) is 42.3 Å². The van der Waals surface area contributed by atoms with Gasteiger partial charge >= 0.3 is 0 Å². The third-order valence-electron chi connectivity index (χ3n) is 3.48. The average molecular weight is 300 g/mol. The molecule has 0 saturated carbocycles. The fraction of sp³-hybridized carbons (Fsp3) is 0.294. The van der Waals surface area contributed by atoms with Gasteiger partial charge in [-0.1, -0.05) is 6.07 Å². The van der Waals surface area contributed by atoms with E-state index in [1.165, 1.54) is 0 Å². The van der Waals surface area contributed by atoms with E-state index in [4.69, 9.17) is 9.47 Å². The standard InChI is InChI=1S/C17H20N2O3/c1-12-9-15(21-3)16(22-4)10-13(12)11-19(2)17(20)14-7-5-6-8-18-14/h5-10H,11H2,1-4H3. The Balaban J connectivity index is 2.21. The van der Waals surface area contributed by atoms with E-state index in [0.29, 0.717) is 23.7 Å². The van der Waals surface area contributed by atoms with E-state index < -0.39 is 0 Å². The number of hydrogen-bond acceptors (Lipinski definition) is 4. The number of nitrogens with zero attached hydrogens (tertiary/aromatic N) is 2. The molecule has 0 aliphatic heterocycles. The van der Waals surface area contributed by atoms with Gasteiger partial charge in [-0.25, -0.2) is 0 Å². The normalized spacial score (nSPS) is 10.2. The first-order valence-electron chi connectivity index (χ1n) is 6.94. The summed E-state index contributed by atoms with van der Waals surface area (Å²) in [6, 6.07) is 9.11. The Morgan fingerprint density at radius 2 is 1.86 bits per heavy atom. The number of ether oxygens (including phenoxy) is 2. The SMILES string of the molecule is COc1cc(C)c(CN(C)C(=O)c2ccccn2)cc1OC. The van der Waals surface area contributed by atoms with Crippen LogP contribution in [-0.2, 0) is 6.54 Å². The Morgan fingerprint density at radius 3 is 2.45 bits per heavy atom. The molecule has 0 N–H and O–H groups in total. The highest BCUT2D eigenvalue weighted by Crippen LogP contribution is 2.30. The fourth-order valence-corrected chi connectivity index (χ4v) is 2.21. The highest BCUT2D eigenvalue weighted by molar-refractivity contribution is 5.92. The maximum atomic E-state index is 12.3. The lowest BCUT2D eigenvalue weighted by molar-refractivity contribution is 0.0779. The van der Waals surface area contributed by atoms with E-state index in [1.807, 2.05) is 19.1 Å². The van der Waals surface area contributed by atoms with E-state index in [1.54, 1.807) is 50.6 Å². The molecule has 0 bridgehead atoms. The van der Waals surface area contributed by atoms with Crippen LogP contribution in [0.4, 0.5) is 0 Å². The summed E-state index contributed by atoms with van der Waals surface area (Å²) in [5.74, 6) is 1.22. The highest BCUT2D eigenvalue weighted by Gasteiger charge is 2.15. The van der Waals surface area contributed by atoms with Crippen molar-refractivity contribution >= 4 is 5.91 Å². The van der Waals surface area contributed by atoms with Gasteiger partial charge < -0.3 is 14.4 Å². The molecule has 0 fully saturated rings. The molecule has 22 heavy (non-hydrogen) atoms. The highest BCUT2D eigenvalue weighted by atomic mass is 16.5. The van der Waals surface area contributed by atoms with Crippen molar-refractivity contribution in [2.75, 3.05) is 21.3 Å². The lowest BCUT2D eigenvalue weighted by Gasteiger charge is -2.19. The molecule has 0 spiro atoms. The monoisotopic (exact) mass is 300 g/mol. The third-order valence-corrected chi connectivity index (χ3v) is 3.48. The molecule has 2 rings (SSSR count). The van der Waals surface area contributed by atoms with Crippen molar-refractivity contribution < 1.29 is 14.3 Å². The summed E-state index contributed by atoms with van der Waals surface area (Å²) < 4.78 is 10.6.